The Morgan fingerprint density at radius 1 is 1.46 bits per heavy atom. The van der Waals surface area contributed by atoms with Gasteiger partial charge in [-0.25, -0.2) is 0 Å². The molecule has 5 nitrogen and oxygen atoms in total. The fraction of sp³-hybridized carbons (Fsp3) is 1.00. The second-order valence-corrected chi connectivity index (χ2v) is 3.24. The zero-order valence-electron chi connectivity index (χ0n) is 7.37. The molecule has 0 saturated carbocycles. The van der Waals surface area contributed by atoms with E-state index in [1.54, 1.807) is 11.9 Å². The van der Waals surface area contributed by atoms with Gasteiger partial charge in [0.25, 0.3) is 0 Å². The summed E-state index contributed by atoms with van der Waals surface area (Å²) in [5, 5.41) is 36.5. The van der Waals surface area contributed by atoms with E-state index < -0.39 is 31.0 Å². The van der Waals surface area contributed by atoms with Gasteiger partial charge in [-0.3, -0.25) is 4.90 Å². The van der Waals surface area contributed by atoms with Crippen molar-refractivity contribution in [1.82, 2.24) is 4.90 Å². The van der Waals surface area contributed by atoms with E-state index in [4.69, 9.17) is 5.11 Å². The van der Waals surface area contributed by atoms with Crippen molar-refractivity contribution in [3.8, 4) is 0 Å². The van der Waals surface area contributed by atoms with Crippen LogP contribution in [-0.2, 0) is 0 Å². The van der Waals surface area contributed by atoms with E-state index in [9.17, 15) is 15.3 Å². The summed E-state index contributed by atoms with van der Waals surface area (Å²) in [5.74, 6) is 0. The lowest BCUT2D eigenvalue weighted by atomic mass is 10.1. The summed E-state index contributed by atoms with van der Waals surface area (Å²) in [6, 6.07) is -0.565. The number of hydrogen-bond acceptors (Lipinski definition) is 5. The first kappa shape index (κ1) is 13.1. The third-order valence-corrected chi connectivity index (χ3v) is 2.31. The Morgan fingerprint density at radius 3 is 2.31 bits per heavy atom. The number of β-amino-alcohol motifs (C(OH)–C–C–N with tert-alkyl or cyclic N) is 1. The number of nitrogens with zero attached hydrogens (tertiary/aromatic N) is 1. The van der Waals surface area contributed by atoms with Crippen LogP contribution in [0.25, 0.3) is 0 Å². The average molecular weight is 214 g/mol. The molecular formula is C7H16ClNO4. The zero-order chi connectivity index (χ0) is 9.30. The molecule has 1 aliphatic heterocycles. The van der Waals surface area contributed by atoms with Gasteiger partial charge in [0.05, 0.1) is 31.0 Å². The molecule has 0 unspecified atom stereocenters. The number of halogens is 1. The standard InChI is InChI=1S/C7H15NO4.ClH/c1-8-2-4(10)7(12)6(8)5(11)3-9;/h4-7,9-12H,2-3H2,1H3;1H/t4-,5+,6+,7-;/m1./s1. The van der Waals surface area contributed by atoms with Crippen molar-refractivity contribution in [2.24, 2.45) is 0 Å². The maximum absolute atomic E-state index is 9.37. The maximum Gasteiger partial charge on any atom is 0.0992 e. The second kappa shape index (κ2) is 5.09. The van der Waals surface area contributed by atoms with E-state index in [2.05, 4.69) is 0 Å². The van der Waals surface area contributed by atoms with Crippen LogP contribution in [0.15, 0.2) is 0 Å². The summed E-state index contributed by atoms with van der Waals surface area (Å²) in [7, 11) is 1.68. The predicted octanol–water partition coefficient (Wildman–Crippen LogP) is -2.20. The lowest BCUT2D eigenvalue weighted by molar-refractivity contribution is -0.0261. The van der Waals surface area contributed by atoms with Crippen LogP contribution in [0.2, 0.25) is 0 Å². The van der Waals surface area contributed by atoms with Gasteiger partial charge < -0.3 is 20.4 Å². The van der Waals surface area contributed by atoms with Crippen LogP contribution in [0.5, 0.6) is 0 Å². The van der Waals surface area contributed by atoms with Crippen LogP contribution < -0.4 is 0 Å². The molecule has 1 fully saturated rings. The Bertz CT molecular complexity index is 155. The molecule has 0 amide bonds. The number of likely N-dealkylation sites (N-methyl/N-ethyl adjacent to an activating group) is 1. The Morgan fingerprint density at radius 2 is 2.00 bits per heavy atom. The van der Waals surface area contributed by atoms with Gasteiger partial charge in [0.1, 0.15) is 0 Å². The third kappa shape index (κ3) is 2.52. The molecule has 80 valence electrons. The minimum atomic E-state index is -0.998. The molecule has 1 aliphatic rings. The molecule has 0 aromatic carbocycles. The molecule has 1 rings (SSSR count). The van der Waals surface area contributed by atoms with E-state index >= 15 is 0 Å². The van der Waals surface area contributed by atoms with Crippen molar-refractivity contribution >= 4 is 12.4 Å². The molecule has 0 aromatic heterocycles. The van der Waals surface area contributed by atoms with E-state index in [0.29, 0.717) is 6.54 Å². The summed E-state index contributed by atoms with van der Waals surface area (Å²) < 4.78 is 0. The van der Waals surface area contributed by atoms with Crippen LogP contribution in [0, 0.1) is 0 Å². The topological polar surface area (TPSA) is 84.2 Å². The highest BCUT2D eigenvalue weighted by atomic mass is 35.5. The van der Waals surface area contributed by atoms with Crippen LogP contribution in [0.1, 0.15) is 0 Å². The summed E-state index contributed by atoms with van der Waals surface area (Å²) in [4.78, 5) is 1.64. The number of hydrogen-bond donors (Lipinski definition) is 4. The monoisotopic (exact) mass is 213 g/mol. The van der Waals surface area contributed by atoms with Gasteiger partial charge in [-0.2, -0.15) is 0 Å². The van der Waals surface area contributed by atoms with Crippen molar-refractivity contribution in [3.05, 3.63) is 0 Å². The molecule has 0 radical (unpaired) electrons. The highest BCUT2D eigenvalue weighted by Gasteiger charge is 2.41. The Kier molecular flexibility index (Phi) is 5.13. The highest BCUT2D eigenvalue weighted by molar-refractivity contribution is 5.85. The molecule has 6 heteroatoms. The van der Waals surface area contributed by atoms with Gasteiger partial charge in [-0.1, -0.05) is 0 Å². The normalized spacial score (nSPS) is 37.2. The van der Waals surface area contributed by atoms with Gasteiger partial charge in [0, 0.05) is 6.54 Å². The van der Waals surface area contributed by atoms with Crippen LogP contribution in [0.4, 0.5) is 0 Å². The van der Waals surface area contributed by atoms with Crippen molar-refractivity contribution in [3.63, 3.8) is 0 Å². The van der Waals surface area contributed by atoms with Gasteiger partial charge in [-0.05, 0) is 7.05 Å². The summed E-state index contributed by atoms with van der Waals surface area (Å²) in [6.07, 6.45) is -2.81. The fourth-order valence-electron chi connectivity index (χ4n) is 1.64. The van der Waals surface area contributed by atoms with Gasteiger partial charge >= 0.3 is 0 Å². The van der Waals surface area contributed by atoms with Crippen LogP contribution in [0.3, 0.4) is 0 Å². The molecule has 1 saturated heterocycles. The number of likely N-dealkylation sites (tertiary alicyclic amines) is 1. The lowest BCUT2D eigenvalue weighted by Gasteiger charge is -2.25. The first-order valence-corrected chi connectivity index (χ1v) is 3.93. The summed E-state index contributed by atoms with van der Waals surface area (Å²) in [6.45, 7) is -0.0817. The van der Waals surface area contributed by atoms with Crippen molar-refractivity contribution in [2.75, 3.05) is 20.2 Å². The first-order chi connectivity index (χ1) is 5.57. The quantitative estimate of drug-likeness (QED) is 0.418. The van der Waals surface area contributed by atoms with Gasteiger partial charge in [0.2, 0.25) is 0 Å². The molecule has 0 spiro atoms. The minimum Gasteiger partial charge on any atom is -0.394 e. The molecule has 4 atom stereocenters. The van der Waals surface area contributed by atoms with Gasteiger partial charge in [-0.15, -0.1) is 12.4 Å². The Hall–Kier alpha value is 0.0900. The number of aliphatic hydroxyl groups excluding tert-OH is 4. The summed E-state index contributed by atoms with van der Waals surface area (Å²) >= 11 is 0. The fourth-order valence-corrected chi connectivity index (χ4v) is 1.64. The lowest BCUT2D eigenvalue weighted by Crippen LogP contribution is -2.45. The van der Waals surface area contributed by atoms with Crippen molar-refractivity contribution < 1.29 is 20.4 Å². The number of aliphatic hydroxyl groups is 4. The third-order valence-electron chi connectivity index (χ3n) is 2.31. The zero-order valence-corrected chi connectivity index (χ0v) is 8.18. The van der Waals surface area contributed by atoms with E-state index in [1.807, 2.05) is 0 Å². The molecule has 0 aromatic rings. The van der Waals surface area contributed by atoms with Crippen LogP contribution >= 0.6 is 12.4 Å². The molecule has 0 bridgehead atoms. The highest BCUT2D eigenvalue weighted by Crippen LogP contribution is 2.19. The van der Waals surface area contributed by atoms with Gasteiger partial charge in [0.15, 0.2) is 0 Å². The maximum atomic E-state index is 9.37. The number of rotatable bonds is 2. The Balaban J connectivity index is 0.00000144. The van der Waals surface area contributed by atoms with E-state index in [1.165, 1.54) is 0 Å². The molecular weight excluding hydrogens is 198 g/mol. The predicted molar refractivity (Wildman–Crippen MR) is 48.8 cm³/mol. The van der Waals surface area contributed by atoms with E-state index in [0.717, 1.165) is 0 Å². The molecule has 13 heavy (non-hydrogen) atoms. The summed E-state index contributed by atoms with van der Waals surface area (Å²) in [5.41, 5.74) is 0. The Labute approximate surface area is 83.0 Å². The second-order valence-electron chi connectivity index (χ2n) is 3.24. The van der Waals surface area contributed by atoms with Crippen LogP contribution in [-0.4, -0.2) is 69.9 Å². The SMILES string of the molecule is CN1C[C@@H](O)[C@@H](O)[C@@H]1[C@@H](O)CO.Cl. The minimum absolute atomic E-state index is 0. The smallest absolute Gasteiger partial charge is 0.0992 e. The molecule has 1 heterocycles. The first-order valence-electron chi connectivity index (χ1n) is 3.93. The largest absolute Gasteiger partial charge is 0.394 e. The molecule has 4 N–H and O–H groups in total. The van der Waals surface area contributed by atoms with E-state index in [-0.39, 0.29) is 12.4 Å². The van der Waals surface area contributed by atoms with Crippen molar-refractivity contribution in [2.45, 2.75) is 24.4 Å². The molecule has 0 aliphatic carbocycles. The van der Waals surface area contributed by atoms with Crippen molar-refractivity contribution in [1.29, 1.82) is 0 Å². The average Bonchev–Trinajstić information content (AvgIpc) is 2.26.